The van der Waals surface area contributed by atoms with Crippen LogP contribution in [-0.4, -0.2) is 100 Å². The highest BCUT2D eigenvalue weighted by atomic mass is 16.6. The van der Waals surface area contributed by atoms with Crippen molar-refractivity contribution in [3.05, 3.63) is 59.7 Å². The standard InChI is InChI=1S/C42H62N6O10/c1-28(43)29-16-20-31(21-17-29)53-26-14-24-47(37(51)57-41(8,9)10)34(46-36(50)56-40(5,6)7)48(38(52)58-42(11,12)13)25-15-27-54-32-22-18-30(19-23-32)33(44)45-35(49)55-39(2,3)4/h16-23,43H,14-15,24-27H2,1-13H3,(H2,44,45,49). The molecular formula is C42H62N6O10. The van der Waals surface area contributed by atoms with Gasteiger partial charge in [0, 0.05) is 24.4 Å². The fourth-order valence-corrected chi connectivity index (χ4v) is 4.63. The Morgan fingerprint density at radius 3 is 1.33 bits per heavy atom. The van der Waals surface area contributed by atoms with Crippen molar-refractivity contribution in [3.8, 4) is 11.5 Å². The first-order valence-corrected chi connectivity index (χ1v) is 19.1. The molecule has 0 aromatic heterocycles. The zero-order valence-electron chi connectivity index (χ0n) is 36.3. The fraction of sp³-hybridized carbons (Fsp3) is 0.548. The molecule has 0 radical (unpaired) electrons. The van der Waals surface area contributed by atoms with E-state index in [1.165, 1.54) is 0 Å². The van der Waals surface area contributed by atoms with Gasteiger partial charge in [-0.05, 0) is 157 Å². The van der Waals surface area contributed by atoms with Gasteiger partial charge in [0.25, 0.3) is 0 Å². The Labute approximate surface area is 342 Å². The maximum Gasteiger partial charge on any atom is 0.437 e. The van der Waals surface area contributed by atoms with Gasteiger partial charge in [-0.2, -0.15) is 0 Å². The van der Waals surface area contributed by atoms with Gasteiger partial charge in [0.15, 0.2) is 0 Å². The number of amidine groups is 1. The summed E-state index contributed by atoms with van der Waals surface area (Å²) in [6.45, 7) is 22.0. The number of rotatable bonds is 12. The van der Waals surface area contributed by atoms with E-state index in [1.807, 2.05) is 0 Å². The van der Waals surface area contributed by atoms with Crippen molar-refractivity contribution in [3.63, 3.8) is 0 Å². The summed E-state index contributed by atoms with van der Waals surface area (Å²) in [4.78, 5) is 59.6. The molecule has 320 valence electrons. The number of aliphatic imine (C=N–C) groups is 1. The molecule has 0 aliphatic heterocycles. The van der Waals surface area contributed by atoms with Crippen molar-refractivity contribution in [1.82, 2.24) is 15.1 Å². The molecule has 58 heavy (non-hydrogen) atoms. The van der Waals surface area contributed by atoms with Gasteiger partial charge in [0.2, 0.25) is 5.96 Å². The third-order valence-electron chi connectivity index (χ3n) is 6.94. The Hall–Kier alpha value is -5.67. The number of guanidine groups is 1. The minimum Gasteiger partial charge on any atom is -0.494 e. The number of hydrogen-bond donors (Lipinski definition) is 3. The van der Waals surface area contributed by atoms with Gasteiger partial charge in [0.05, 0.1) is 13.2 Å². The predicted octanol–water partition coefficient (Wildman–Crippen LogP) is 8.93. The minimum atomic E-state index is -1.05. The molecule has 0 saturated heterocycles. The van der Waals surface area contributed by atoms with E-state index in [0.717, 1.165) is 15.4 Å². The van der Waals surface area contributed by atoms with Crippen LogP contribution in [0.3, 0.4) is 0 Å². The molecule has 0 aliphatic rings. The van der Waals surface area contributed by atoms with Crippen LogP contribution >= 0.6 is 0 Å². The second-order valence-electron chi connectivity index (χ2n) is 17.2. The highest BCUT2D eigenvalue weighted by molar-refractivity contribution is 6.05. The molecule has 0 fully saturated rings. The van der Waals surface area contributed by atoms with Crippen molar-refractivity contribution in [1.29, 1.82) is 10.8 Å². The van der Waals surface area contributed by atoms with Crippen LogP contribution < -0.4 is 14.8 Å². The molecule has 2 aromatic carbocycles. The third kappa shape index (κ3) is 19.0. The number of benzene rings is 2. The number of nitrogens with one attached hydrogen (secondary N) is 3. The summed E-state index contributed by atoms with van der Waals surface area (Å²) in [5.41, 5.74) is -2.01. The molecule has 0 atom stereocenters. The number of alkyl carbamates (subject to hydrolysis) is 1. The number of carbonyl (C=O) groups is 4. The first kappa shape index (κ1) is 48.5. The Morgan fingerprint density at radius 2 is 0.966 bits per heavy atom. The molecular weight excluding hydrogens is 748 g/mol. The van der Waals surface area contributed by atoms with Crippen molar-refractivity contribution >= 4 is 41.9 Å². The summed E-state index contributed by atoms with van der Waals surface area (Å²) in [5, 5.41) is 18.4. The van der Waals surface area contributed by atoms with Crippen LogP contribution in [0.2, 0.25) is 0 Å². The number of ether oxygens (including phenoxy) is 6. The summed E-state index contributed by atoms with van der Waals surface area (Å²) in [7, 11) is 0. The van der Waals surface area contributed by atoms with Gasteiger partial charge >= 0.3 is 24.4 Å². The summed E-state index contributed by atoms with van der Waals surface area (Å²) in [5.74, 6) is 0.471. The SMILES string of the molecule is CC(=N)c1ccc(OCCCN(C(=O)OC(C)(C)C)C(=NC(=O)OC(C)(C)C)N(CCCOc2ccc(C(=N)NC(=O)OC(C)(C)C)cc2)C(=O)OC(C)(C)C)cc1. The summed E-state index contributed by atoms with van der Waals surface area (Å²) in [6, 6.07) is 13.5. The minimum absolute atomic E-state index is 0.0720. The number of hydrogen-bond acceptors (Lipinski definition) is 12. The lowest BCUT2D eigenvalue weighted by molar-refractivity contribution is 0.0267. The average molecular weight is 811 g/mol. The molecule has 0 bridgehead atoms. The van der Waals surface area contributed by atoms with Gasteiger partial charge in [-0.3, -0.25) is 10.7 Å². The highest BCUT2D eigenvalue weighted by Crippen LogP contribution is 2.20. The lowest BCUT2D eigenvalue weighted by Crippen LogP contribution is -2.53. The monoisotopic (exact) mass is 810 g/mol. The Kier molecular flexibility index (Phi) is 17.3. The molecule has 0 spiro atoms. The van der Waals surface area contributed by atoms with Crippen molar-refractivity contribution in [2.45, 2.75) is 125 Å². The molecule has 0 aliphatic carbocycles. The lowest BCUT2D eigenvalue weighted by atomic mass is 10.1. The lowest BCUT2D eigenvalue weighted by Gasteiger charge is -2.34. The summed E-state index contributed by atoms with van der Waals surface area (Å²) < 4.78 is 34.0. The van der Waals surface area contributed by atoms with Crippen LogP contribution in [0.1, 0.15) is 114 Å². The largest absolute Gasteiger partial charge is 0.494 e. The van der Waals surface area contributed by atoms with Crippen LogP contribution in [0.5, 0.6) is 11.5 Å². The van der Waals surface area contributed by atoms with Crippen LogP contribution in [0, 0.1) is 10.8 Å². The maximum atomic E-state index is 13.9. The molecule has 3 N–H and O–H groups in total. The molecule has 4 amide bonds. The second-order valence-corrected chi connectivity index (χ2v) is 17.2. The van der Waals surface area contributed by atoms with Crippen LogP contribution in [0.25, 0.3) is 0 Å². The van der Waals surface area contributed by atoms with Gasteiger partial charge in [-0.25, -0.2) is 29.0 Å². The Bertz CT molecular complexity index is 1760. The van der Waals surface area contributed by atoms with Gasteiger partial charge in [0.1, 0.15) is 39.7 Å². The molecule has 16 heteroatoms. The van der Waals surface area contributed by atoms with Crippen LogP contribution in [-0.2, 0) is 18.9 Å². The van der Waals surface area contributed by atoms with E-state index in [9.17, 15) is 19.2 Å². The molecule has 0 saturated carbocycles. The van der Waals surface area contributed by atoms with E-state index in [2.05, 4.69) is 10.3 Å². The predicted molar refractivity (Wildman–Crippen MR) is 221 cm³/mol. The van der Waals surface area contributed by atoms with E-state index in [1.54, 1.807) is 139 Å². The number of amides is 4. The van der Waals surface area contributed by atoms with Crippen molar-refractivity contribution in [2.24, 2.45) is 4.99 Å². The van der Waals surface area contributed by atoms with Gasteiger partial charge in [-0.1, -0.05) is 0 Å². The van der Waals surface area contributed by atoms with Crippen molar-refractivity contribution in [2.75, 3.05) is 26.3 Å². The Balaban J connectivity index is 2.41. The first-order valence-electron chi connectivity index (χ1n) is 19.1. The molecule has 0 heterocycles. The number of nitrogens with zero attached hydrogens (tertiary/aromatic N) is 3. The van der Waals surface area contributed by atoms with E-state index in [4.69, 9.17) is 39.2 Å². The zero-order chi connectivity index (χ0) is 44.1. The highest BCUT2D eigenvalue weighted by Gasteiger charge is 2.35. The van der Waals surface area contributed by atoms with Gasteiger partial charge < -0.3 is 33.8 Å². The normalized spacial score (nSPS) is 12.1. The topological polar surface area (TPSA) is 202 Å². The van der Waals surface area contributed by atoms with E-state index in [0.29, 0.717) is 22.8 Å². The van der Waals surface area contributed by atoms with Crippen molar-refractivity contribution < 1.29 is 47.6 Å². The Morgan fingerprint density at radius 1 is 0.586 bits per heavy atom. The molecule has 2 aromatic rings. The van der Waals surface area contributed by atoms with Crippen LogP contribution in [0.4, 0.5) is 19.2 Å². The number of carbonyl (C=O) groups excluding carboxylic acids is 4. The first-order chi connectivity index (χ1) is 26.6. The van der Waals surface area contributed by atoms with E-state index < -0.39 is 46.8 Å². The molecule has 0 unspecified atom stereocenters. The zero-order valence-corrected chi connectivity index (χ0v) is 36.3. The molecule has 16 nitrogen and oxygen atoms in total. The molecule has 2 rings (SSSR count). The van der Waals surface area contributed by atoms with E-state index >= 15 is 0 Å². The maximum absolute atomic E-state index is 13.9. The van der Waals surface area contributed by atoms with Gasteiger partial charge in [-0.15, -0.1) is 4.99 Å². The smallest absolute Gasteiger partial charge is 0.437 e. The fourth-order valence-electron chi connectivity index (χ4n) is 4.63. The third-order valence-corrected chi connectivity index (χ3v) is 6.94. The summed E-state index contributed by atoms with van der Waals surface area (Å²) in [6.07, 6.45) is -3.16. The average Bonchev–Trinajstić information content (AvgIpc) is 3.04. The van der Waals surface area contributed by atoms with Crippen LogP contribution in [0.15, 0.2) is 53.5 Å². The van der Waals surface area contributed by atoms with E-state index in [-0.39, 0.29) is 50.9 Å². The second kappa shape index (κ2) is 20.7. The summed E-state index contributed by atoms with van der Waals surface area (Å²) >= 11 is 0. The quantitative estimate of drug-likeness (QED) is 0.0804.